The zero-order valence-corrected chi connectivity index (χ0v) is 10.8. The number of carbonyl (C=O) groups is 1. The van der Waals surface area contributed by atoms with Gasteiger partial charge in [-0.15, -0.1) is 11.3 Å². The summed E-state index contributed by atoms with van der Waals surface area (Å²) in [5.74, 6) is -0.0641. The van der Waals surface area contributed by atoms with Gasteiger partial charge < -0.3 is 5.32 Å². The Labute approximate surface area is 108 Å². The van der Waals surface area contributed by atoms with Gasteiger partial charge in [0.1, 0.15) is 6.54 Å². The molecule has 6 heteroatoms. The van der Waals surface area contributed by atoms with Crippen molar-refractivity contribution in [2.75, 3.05) is 0 Å². The fourth-order valence-corrected chi connectivity index (χ4v) is 2.52. The first-order valence-corrected chi connectivity index (χ1v) is 6.36. The van der Waals surface area contributed by atoms with Crippen molar-refractivity contribution in [2.24, 2.45) is 0 Å². The van der Waals surface area contributed by atoms with Crippen molar-refractivity contribution in [3.63, 3.8) is 0 Å². The molecule has 0 radical (unpaired) electrons. The molecule has 1 N–H and O–H groups in total. The molecule has 2 aromatic rings. The van der Waals surface area contributed by atoms with E-state index >= 15 is 0 Å². The number of amides is 1. The molecule has 0 aromatic carbocycles. The van der Waals surface area contributed by atoms with Crippen LogP contribution in [0.2, 0.25) is 4.34 Å². The largest absolute Gasteiger partial charge is 0.347 e. The Morgan fingerprint density at radius 1 is 1.65 bits per heavy atom. The van der Waals surface area contributed by atoms with E-state index in [0.717, 1.165) is 9.21 Å². The van der Waals surface area contributed by atoms with Crippen LogP contribution in [0, 0.1) is 0 Å². The predicted molar refractivity (Wildman–Crippen MR) is 68.1 cm³/mol. The van der Waals surface area contributed by atoms with E-state index in [2.05, 4.69) is 10.4 Å². The summed E-state index contributed by atoms with van der Waals surface area (Å²) in [6.07, 6.45) is 3.40. The molecular formula is C11H12ClN3OS. The Hall–Kier alpha value is -1.33. The van der Waals surface area contributed by atoms with E-state index in [-0.39, 0.29) is 18.5 Å². The normalized spacial score (nSPS) is 12.4. The topological polar surface area (TPSA) is 46.9 Å². The fourth-order valence-electron chi connectivity index (χ4n) is 1.46. The van der Waals surface area contributed by atoms with Crippen LogP contribution in [0.1, 0.15) is 17.8 Å². The minimum atomic E-state index is -0.0641. The standard InChI is InChI=1S/C11H12ClN3OS/c1-8(9-3-4-10(12)17-9)14-11(16)7-15-6-2-5-13-15/h2-6,8H,7H2,1H3,(H,14,16)/t8-/m1/s1. The number of rotatable bonds is 4. The van der Waals surface area contributed by atoms with Gasteiger partial charge in [-0.2, -0.15) is 5.10 Å². The number of nitrogens with zero attached hydrogens (tertiary/aromatic N) is 2. The molecule has 1 atom stereocenters. The van der Waals surface area contributed by atoms with Crippen LogP contribution in [0.25, 0.3) is 0 Å². The molecule has 0 aliphatic rings. The third kappa shape index (κ3) is 3.31. The van der Waals surface area contributed by atoms with Gasteiger partial charge in [0.15, 0.2) is 0 Å². The van der Waals surface area contributed by atoms with Crippen molar-refractivity contribution in [2.45, 2.75) is 19.5 Å². The number of carbonyl (C=O) groups excluding carboxylic acids is 1. The zero-order chi connectivity index (χ0) is 12.3. The van der Waals surface area contributed by atoms with Crippen molar-refractivity contribution in [3.05, 3.63) is 39.8 Å². The molecule has 4 nitrogen and oxygen atoms in total. The summed E-state index contributed by atoms with van der Waals surface area (Å²) >= 11 is 7.32. The Balaban J connectivity index is 1.90. The lowest BCUT2D eigenvalue weighted by atomic mass is 10.3. The van der Waals surface area contributed by atoms with Crippen LogP contribution >= 0.6 is 22.9 Å². The molecule has 0 bridgehead atoms. The van der Waals surface area contributed by atoms with Gasteiger partial charge in [0, 0.05) is 17.3 Å². The molecule has 2 heterocycles. The number of hydrogen-bond acceptors (Lipinski definition) is 3. The van der Waals surface area contributed by atoms with E-state index in [1.54, 1.807) is 23.1 Å². The molecular weight excluding hydrogens is 258 g/mol. The van der Waals surface area contributed by atoms with Crippen LogP contribution in [0.15, 0.2) is 30.6 Å². The molecule has 0 saturated carbocycles. The van der Waals surface area contributed by atoms with Crippen LogP contribution in [0.4, 0.5) is 0 Å². The van der Waals surface area contributed by atoms with Gasteiger partial charge in [0.2, 0.25) is 5.91 Å². The molecule has 0 unspecified atom stereocenters. The van der Waals surface area contributed by atoms with E-state index in [9.17, 15) is 4.79 Å². The van der Waals surface area contributed by atoms with Crippen molar-refractivity contribution < 1.29 is 4.79 Å². The Kier molecular flexibility index (Phi) is 3.81. The van der Waals surface area contributed by atoms with Crippen LogP contribution in [0.5, 0.6) is 0 Å². The number of hydrogen-bond donors (Lipinski definition) is 1. The van der Waals surface area contributed by atoms with Gasteiger partial charge in [-0.3, -0.25) is 9.48 Å². The summed E-state index contributed by atoms with van der Waals surface area (Å²) < 4.78 is 2.32. The monoisotopic (exact) mass is 269 g/mol. The molecule has 0 saturated heterocycles. The van der Waals surface area contributed by atoms with Gasteiger partial charge in [-0.1, -0.05) is 11.6 Å². The smallest absolute Gasteiger partial charge is 0.242 e. The van der Waals surface area contributed by atoms with Crippen molar-refractivity contribution in [3.8, 4) is 0 Å². The molecule has 2 rings (SSSR count). The summed E-state index contributed by atoms with van der Waals surface area (Å²) in [5.41, 5.74) is 0. The van der Waals surface area contributed by atoms with E-state index < -0.39 is 0 Å². The Bertz CT molecular complexity index is 495. The highest BCUT2D eigenvalue weighted by Crippen LogP contribution is 2.26. The van der Waals surface area contributed by atoms with Crippen molar-refractivity contribution in [1.29, 1.82) is 0 Å². The van der Waals surface area contributed by atoms with Gasteiger partial charge in [0.25, 0.3) is 0 Å². The molecule has 90 valence electrons. The predicted octanol–water partition coefficient (Wildman–Crippen LogP) is 2.48. The third-order valence-corrected chi connectivity index (χ3v) is 3.68. The second-order valence-electron chi connectivity index (χ2n) is 3.63. The number of thiophene rings is 1. The maximum absolute atomic E-state index is 11.7. The van der Waals surface area contributed by atoms with Crippen molar-refractivity contribution >= 4 is 28.8 Å². The van der Waals surface area contributed by atoms with Crippen LogP contribution in [-0.4, -0.2) is 15.7 Å². The summed E-state index contributed by atoms with van der Waals surface area (Å²) in [6.45, 7) is 2.17. The molecule has 0 spiro atoms. The van der Waals surface area contributed by atoms with E-state index in [1.165, 1.54) is 11.3 Å². The maximum Gasteiger partial charge on any atom is 0.242 e. The van der Waals surface area contributed by atoms with Crippen molar-refractivity contribution in [1.82, 2.24) is 15.1 Å². The summed E-state index contributed by atoms with van der Waals surface area (Å²) in [5, 5.41) is 6.88. The average Bonchev–Trinajstić information content (AvgIpc) is 2.89. The summed E-state index contributed by atoms with van der Waals surface area (Å²) in [4.78, 5) is 12.7. The quantitative estimate of drug-likeness (QED) is 0.927. The molecule has 0 aliphatic heterocycles. The molecule has 0 aliphatic carbocycles. The maximum atomic E-state index is 11.7. The molecule has 1 amide bonds. The van der Waals surface area contributed by atoms with Crippen LogP contribution in [0.3, 0.4) is 0 Å². The summed E-state index contributed by atoms with van der Waals surface area (Å²) in [7, 11) is 0. The minimum absolute atomic E-state index is 0.0319. The Morgan fingerprint density at radius 3 is 3.06 bits per heavy atom. The molecule has 2 aromatic heterocycles. The highest BCUT2D eigenvalue weighted by atomic mass is 35.5. The Morgan fingerprint density at radius 2 is 2.47 bits per heavy atom. The van der Waals surface area contributed by atoms with E-state index in [1.807, 2.05) is 19.1 Å². The second kappa shape index (κ2) is 5.33. The average molecular weight is 270 g/mol. The van der Waals surface area contributed by atoms with Gasteiger partial charge in [0.05, 0.1) is 10.4 Å². The number of halogens is 1. The van der Waals surface area contributed by atoms with Crippen LogP contribution < -0.4 is 5.32 Å². The van der Waals surface area contributed by atoms with Gasteiger partial charge >= 0.3 is 0 Å². The number of aromatic nitrogens is 2. The first-order valence-electron chi connectivity index (χ1n) is 5.17. The zero-order valence-electron chi connectivity index (χ0n) is 9.26. The fraction of sp³-hybridized carbons (Fsp3) is 0.273. The highest BCUT2D eigenvalue weighted by molar-refractivity contribution is 7.16. The van der Waals surface area contributed by atoms with Gasteiger partial charge in [-0.25, -0.2) is 0 Å². The lowest BCUT2D eigenvalue weighted by molar-refractivity contribution is -0.122. The second-order valence-corrected chi connectivity index (χ2v) is 5.38. The summed E-state index contributed by atoms with van der Waals surface area (Å²) in [6, 6.07) is 5.51. The first kappa shape index (κ1) is 12.1. The SMILES string of the molecule is C[C@@H](NC(=O)Cn1cccn1)c1ccc(Cl)s1. The minimum Gasteiger partial charge on any atom is -0.347 e. The first-order chi connectivity index (χ1) is 8.15. The van der Waals surface area contributed by atoms with Crippen LogP contribution in [-0.2, 0) is 11.3 Å². The van der Waals surface area contributed by atoms with E-state index in [4.69, 9.17) is 11.6 Å². The third-order valence-electron chi connectivity index (χ3n) is 2.26. The molecule has 0 fully saturated rings. The van der Waals surface area contributed by atoms with Gasteiger partial charge in [-0.05, 0) is 25.1 Å². The number of nitrogens with one attached hydrogen (secondary N) is 1. The van der Waals surface area contributed by atoms with E-state index in [0.29, 0.717) is 0 Å². The molecule has 17 heavy (non-hydrogen) atoms. The lowest BCUT2D eigenvalue weighted by Gasteiger charge is -2.11. The lowest BCUT2D eigenvalue weighted by Crippen LogP contribution is -2.29. The highest BCUT2D eigenvalue weighted by Gasteiger charge is 2.11.